The van der Waals surface area contributed by atoms with Crippen LogP contribution in [0.2, 0.25) is 0 Å². The maximum absolute atomic E-state index is 5.48. The minimum Gasteiger partial charge on any atom is -0.271 e. The molecule has 1 heterocycles. The van der Waals surface area contributed by atoms with Crippen LogP contribution in [-0.2, 0) is 6.42 Å². The fraction of sp³-hybridized carbons (Fsp3) is 0.500. The van der Waals surface area contributed by atoms with E-state index in [1.54, 1.807) is 0 Å². The largest absolute Gasteiger partial charge is 0.271 e. The van der Waals surface area contributed by atoms with Gasteiger partial charge in [-0.2, -0.15) is 0 Å². The third kappa shape index (κ3) is 1.57. The fourth-order valence-corrected chi connectivity index (χ4v) is 1.94. The average Bonchev–Trinajstić information content (AvgIpc) is 2.16. The Morgan fingerprint density at radius 1 is 1.54 bits per heavy atom. The maximum Gasteiger partial charge on any atom is 0.0478 e. The molecule has 0 bridgehead atoms. The number of nitrogens with zero attached hydrogens (tertiary/aromatic N) is 1. The molecule has 3 N–H and O–H groups in total. The van der Waals surface area contributed by atoms with E-state index in [0.29, 0.717) is 6.04 Å². The number of pyridine rings is 1. The molecular formula is C10H15N3. The monoisotopic (exact) mass is 177 g/mol. The standard InChI is InChI=1S/C10H15N3/c1-7-5-6-8-9(12-7)3-2-4-10(8)13-11/h5-6,10,13H,2-4,11H2,1H3/t10-/m0/s1. The molecule has 0 spiro atoms. The SMILES string of the molecule is Cc1ccc2c(n1)CCC[C@@H]2NN. The quantitative estimate of drug-likeness (QED) is 0.501. The molecule has 0 radical (unpaired) electrons. The first-order valence-corrected chi connectivity index (χ1v) is 4.74. The molecule has 0 saturated heterocycles. The molecule has 0 unspecified atom stereocenters. The van der Waals surface area contributed by atoms with Gasteiger partial charge in [-0.3, -0.25) is 16.3 Å². The van der Waals surface area contributed by atoms with Crippen molar-refractivity contribution in [2.75, 3.05) is 0 Å². The number of nitrogens with two attached hydrogens (primary N) is 1. The first kappa shape index (κ1) is 8.66. The van der Waals surface area contributed by atoms with E-state index in [0.717, 1.165) is 18.5 Å². The molecule has 3 nitrogen and oxygen atoms in total. The summed E-state index contributed by atoms with van der Waals surface area (Å²) in [7, 11) is 0. The van der Waals surface area contributed by atoms with E-state index in [1.165, 1.54) is 17.7 Å². The van der Waals surface area contributed by atoms with Crippen molar-refractivity contribution in [3.8, 4) is 0 Å². The van der Waals surface area contributed by atoms with Crippen molar-refractivity contribution in [2.24, 2.45) is 5.84 Å². The molecule has 1 aliphatic carbocycles. The molecule has 2 rings (SSSR count). The second-order valence-corrected chi connectivity index (χ2v) is 3.60. The van der Waals surface area contributed by atoms with E-state index in [1.807, 2.05) is 6.92 Å². The third-order valence-electron chi connectivity index (χ3n) is 2.63. The lowest BCUT2D eigenvalue weighted by atomic mass is 9.91. The summed E-state index contributed by atoms with van der Waals surface area (Å²) in [4.78, 5) is 4.52. The highest BCUT2D eigenvalue weighted by molar-refractivity contribution is 5.28. The van der Waals surface area contributed by atoms with Gasteiger partial charge in [-0.15, -0.1) is 0 Å². The molecule has 1 aliphatic rings. The van der Waals surface area contributed by atoms with Gasteiger partial charge in [0.05, 0.1) is 0 Å². The van der Waals surface area contributed by atoms with Crippen LogP contribution in [0.1, 0.15) is 35.8 Å². The zero-order chi connectivity index (χ0) is 9.26. The van der Waals surface area contributed by atoms with Crippen LogP contribution in [0, 0.1) is 6.92 Å². The summed E-state index contributed by atoms with van der Waals surface area (Å²) < 4.78 is 0. The summed E-state index contributed by atoms with van der Waals surface area (Å²) in [6.07, 6.45) is 3.39. The second kappa shape index (κ2) is 3.44. The molecule has 1 aromatic heterocycles. The van der Waals surface area contributed by atoms with Gasteiger partial charge in [0.25, 0.3) is 0 Å². The average molecular weight is 177 g/mol. The lowest BCUT2D eigenvalue weighted by molar-refractivity contribution is 0.465. The number of fused-ring (bicyclic) bond motifs is 1. The normalized spacial score (nSPS) is 21.2. The number of hydrazine groups is 1. The smallest absolute Gasteiger partial charge is 0.0478 e. The molecule has 0 fully saturated rings. The molecule has 0 aliphatic heterocycles. The number of aromatic nitrogens is 1. The van der Waals surface area contributed by atoms with Gasteiger partial charge in [-0.25, -0.2) is 0 Å². The zero-order valence-electron chi connectivity index (χ0n) is 7.88. The van der Waals surface area contributed by atoms with E-state index in [4.69, 9.17) is 5.84 Å². The number of hydrogen-bond acceptors (Lipinski definition) is 3. The van der Waals surface area contributed by atoms with E-state index in [-0.39, 0.29) is 0 Å². The van der Waals surface area contributed by atoms with Crippen LogP contribution in [0.4, 0.5) is 0 Å². The summed E-state index contributed by atoms with van der Waals surface area (Å²) >= 11 is 0. The Kier molecular flexibility index (Phi) is 2.29. The molecule has 3 heteroatoms. The van der Waals surface area contributed by atoms with E-state index < -0.39 is 0 Å². The second-order valence-electron chi connectivity index (χ2n) is 3.60. The molecule has 1 atom stereocenters. The van der Waals surface area contributed by atoms with Gasteiger partial charge >= 0.3 is 0 Å². The zero-order valence-corrected chi connectivity index (χ0v) is 7.88. The van der Waals surface area contributed by atoms with E-state index in [9.17, 15) is 0 Å². The lowest BCUT2D eigenvalue weighted by Crippen LogP contribution is -2.31. The van der Waals surface area contributed by atoms with Crippen molar-refractivity contribution in [1.29, 1.82) is 0 Å². The van der Waals surface area contributed by atoms with Gasteiger partial charge in [0.2, 0.25) is 0 Å². The fourth-order valence-electron chi connectivity index (χ4n) is 1.94. The number of aryl methyl sites for hydroxylation is 2. The van der Waals surface area contributed by atoms with Crippen molar-refractivity contribution < 1.29 is 0 Å². The van der Waals surface area contributed by atoms with Gasteiger partial charge < -0.3 is 0 Å². The van der Waals surface area contributed by atoms with Crippen molar-refractivity contribution in [1.82, 2.24) is 10.4 Å². The van der Waals surface area contributed by atoms with Crippen LogP contribution in [0.3, 0.4) is 0 Å². The number of rotatable bonds is 1. The minimum atomic E-state index is 0.303. The van der Waals surface area contributed by atoms with Crippen LogP contribution < -0.4 is 11.3 Å². The Labute approximate surface area is 78.3 Å². The van der Waals surface area contributed by atoms with Gasteiger partial charge in [-0.1, -0.05) is 6.07 Å². The Bertz CT molecular complexity index is 309. The summed E-state index contributed by atoms with van der Waals surface area (Å²) in [6.45, 7) is 2.03. The first-order chi connectivity index (χ1) is 6.31. The highest BCUT2D eigenvalue weighted by Gasteiger charge is 2.19. The Morgan fingerprint density at radius 2 is 2.38 bits per heavy atom. The van der Waals surface area contributed by atoms with Crippen LogP contribution >= 0.6 is 0 Å². The van der Waals surface area contributed by atoms with E-state index in [2.05, 4.69) is 22.5 Å². The summed E-state index contributed by atoms with van der Waals surface area (Å²) in [5.74, 6) is 5.48. The van der Waals surface area contributed by atoms with E-state index >= 15 is 0 Å². The molecule has 13 heavy (non-hydrogen) atoms. The minimum absolute atomic E-state index is 0.303. The van der Waals surface area contributed by atoms with Crippen LogP contribution in [0.5, 0.6) is 0 Å². The molecule has 0 amide bonds. The molecule has 0 saturated carbocycles. The molecule has 0 aromatic carbocycles. The summed E-state index contributed by atoms with van der Waals surface area (Å²) in [5.41, 5.74) is 6.43. The predicted octanol–water partition coefficient (Wildman–Crippen LogP) is 1.23. The van der Waals surface area contributed by atoms with Crippen LogP contribution in [0.15, 0.2) is 12.1 Å². The number of nitrogens with one attached hydrogen (secondary N) is 1. The molecular weight excluding hydrogens is 162 g/mol. The molecule has 1 aromatic rings. The van der Waals surface area contributed by atoms with Crippen LogP contribution in [0.25, 0.3) is 0 Å². The third-order valence-corrected chi connectivity index (χ3v) is 2.63. The van der Waals surface area contributed by atoms with Gasteiger partial charge in [0.1, 0.15) is 0 Å². The predicted molar refractivity (Wildman–Crippen MR) is 52.0 cm³/mol. The van der Waals surface area contributed by atoms with Crippen molar-refractivity contribution in [3.05, 3.63) is 29.1 Å². The summed E-state index contributed by atoms with van der Waals surface area (Å²) in [5, 5.41) is 0. The Balaban J connectivity index is 2.40. The van der Waals surface area contributed by atoms with Crippen molar-refractivity contribution >= 4 is 0 Å². The summed E-state index contributed by atoms with van der Waals surface area (Å²) in [6, 6.07) is 4.49. The number of hydrogen-bond donors (Lipinski definition) is 2. The Morgan fingerprint density at radius 3 is 3.15 bits per heavy atom. The van der Waals surface area contributed by atoms with Crippen molar-refractivity contribution in [3.63, 3.8) is 0 Å². The lowest BCUT2D eigenvalue weighted by Gasteiger charge is -2.23. The van der Waals surface area contributed by atoms with Crippen molar-refractivity contribution in [2.45, 2.75) is 32.2 Å². The maximum atomic E-state index is 5.48. The van der Waals surface area contributed by atoms with Crippen LogP contribution in [-0.4, -0.2) is 4.98 Å². The topological polar surface area (TPSA) is 50.9 Å². The van der Waals surface area contributed by atoms with Gasteiger partial charge in [0, 0.05) is 17.4 Å². The van der Waals surface area contributed by atoms with Gasteiger partial charge in [-0.05, 0) is 37.8 Å². The highest BCUT2D eigenvalue weighted by atomic mass is 15.2. The van der Waals surface area contributed by atoms with Gasteiger partial charge in [0.15, 0.2) is 0 Å². The highest BCUT2D eigenvalue weighted by Crippen LogP contribution is 2.27. The molecule has 70 valence electrons. The Hall–Kier alpha value is -0.930. The first-order valence-electron chi connectivity index (χ1n) is 4.74.